The standard InChI is InChI=1S/C22H35NO10/c1-13(24)23-17-18(30-14(2)25)19(31-15(3)26)22(12-29-20(17)33-22)11-28-10-8-7-9-16(27)32-21(4,5)6/h17-20H,7-12H2,1-6H3,(H,23,24)/t17-,18-,19-,20+,22+/m1/s1. The second-order valence-electron chi connectivity index (χ2n) is 9.29. The van der Waals surface area contributed by atoms with Crippen LogP contribution in [0, 0.1) is 0 Å². The van der Waals surface area contributed by atoms with Crippen molar-refractivity contribution >= 4 is 23.8 Å². The molecular formula is C22H35NO10. The molecule has 2 bridgehead atoms. The van der Waals surface area contributed by atoms with Gasteiger partial charge < -0.3 is 33.7 Å². The van der Waals surface area contributed by atoms with E-state index < -0.39 is 47.7 Å². The predicted molar refractivity (Wildman–Crippen MR) is 113 cm³/mol. The molecule has 0 spiro atoms. The number of hydrogen-bond acceptors (Lipinski definition) is 10. The zero-order chi connectivity index (χ0) is 24.8. The number of amides is 1. The Hall–Kier alpha value is -2.24. The van der Waals surface area contributed by atoms with Gasteiger partial charge in [-0.3, -0.25) is 19.2 Å². The van der Waals surface area contributed by atoms with Gasteiger partial charge in [-0.25, -0.2) is 0 Å². The molecular weight excluding hydrogens is 438 g/mol. The molecule has 0 aromatic carbocycles. The van der Waals surface area contributed by atoms with Crippen LogP contribution in [0.1, 0.15) is 60.8 Å². The van der Waals surface area contributed by atoms with Crippen molar-refractivity contribution in [3.8, 4) is 0 Å². The summed E-state index contributed by atoms with van der Waals surface area (Å²) in [5.41, 5.74) is -1.74. The number of esters is 3. The fourth-order valence-electron chi connectivity index (χ4n) is 3.82. The highest BCUT2D eigenvalue weighted by Crippen LogP contribution is 2.40. The van der Waals surface area contributed by atoms with E-state index in [1.54, 1.807) is 0 Å². The number of carbonyl (C=O) groups excluding carboxylic acids is 4. The van der Waals surface area contributed by atoms with Crippen LogP contribution in [-0.2, 0) is 47.6 Å². The molecule has 2 fully saturated rings. The Kier molecular flexibility index (Phi) is 9.21. The van der Waals surface area contributed by atoms with Crippen LogP contribution in [0.5, 0.6) is 0 Å². The molecule has 2 aliphatic rings. The van der Waals surface area contributed by atoms with Gasteiger partial charge in [0.15, 0.2) is 24.1 Å². The van der Waals surface area contributed by atoms with Gasteiger partial charge in [-0.1, -0.05) is 0 Å². The van der Waals surface area contributed by atoms with Crippen molar-refractivity contribution in [2.24, 2.45) is 0 Å². The molecule has 0 radical (unpaired) electrons. The van der Waals surface area contributed by atoms with Gasteiger partial charge in [-0.2, -0.15) is 0 Å². The first-order valence-electron chi connectivity index (χ1n) is 11.0. The lowest BCUT2D eigenvalue weighted by Gasteiger charge is -2.45. The van der Waals surface area contributed by atoms with Gasteiger partial charge in [0, 0.05) is 33.8 Å². The Morgan fingerprint density at radius 2 is 1.70 bits per heavy atom. The number of carbonyl (C=O) groups is 4. The molecule has 2 aliphatic heterocycles. The van der Waals surface area contributed by atoms with Crippen LogP contribution in [0.4, 0.5) is 0 Å². The van der Waals surface area contributed by atoms with Crippen molar-refractivity contribution in [2.45, 2.75) is 96.5 Å². The van der Waals surface area contributed by atoms with E-state index in [2.05, 4.69) is 5.32 Å². The summed E-state index contributed by atoms with van der Waals surface area (Å²) in [6.07, 6.45) is -1.53. The van der Waals surface area contributed by atoms with E-state index in [1.807, 2.05) is 20.8 Å². The molecule has 0 aromatic rings. The maximum Gasteiger partial charge on any atom is 0.306 e. The van der Waals surface area contributed by atoms with Gasteiger partial charge in [0.25, 0.3) is 0 Å². The highest BCUT2D eigenvalue weighted by atomic mass is 16.8. The number of nitrogens with one attached hydrogen (secondary N) is 1. The van der Waals surface area contributed by atoms with Gasteiger partial charge in [-0.15, -0.1) is 0 Å². The molecule has 1 N–H and O–H groups in total. The highest BCUT2D eigenvalue weighted by molar-refractivity contribution is 5.74. The maximum absolute atomic E-state index is 11.8. The average molecular weight is 474 g/mol. The number of fused-ring (bicyclic) bond motifs is 2. The summed E-state index contributed by atoms with van der Waals surface area (Å²) in [5, 5.41) is 2.65. The van der Waals surface area contributed by atoms with Crippen molar-refractivity contribution in [3.63, 3.8) is 0 Å². The molecule has 2 rings (SSSR count). The molecule has 0 saturated carbocycles. The predicted octanol–water partition coefficient (Wildman–Crippen LogP) is 1.01. The van der Waals surface area contributed by atoms with E-state index >= 15 is 0 Å². The van der Waals surface area contributed by atoms with Gasteiger partial charge in [0.1, 0.15) is 11.6 Å². The molecule has 5 atom stereocenters. The van der Waals surface area contributed by atoms with Gasteiger partial charge in [-0.05, 0) is 33.6 Å². The first-order valence-corrected chi connectivity index (χ1v) is 11.0. The van der Waals surface area contributed by atoms with Crippen molar-refractivity contribution in [1.82, 2.24) is 5.32 Å². The van der Waals surface area contributed by atoms with Gasteiger partial charge >= 0.3 is 17.9 Å². The fourth-order valence-corrected chi connectivity index (χ4v) is 3.82. The van der Waals surface area contributed by atoms with Gasteiger partial charge in [0.05, 0.1) is 13.2 Å². The summed E-state index contributed by atoms with van der Waals surface area (Å²) in [5.74, 6) is -1.87. The van der Waals surface area contributed by atoms with E-state index in [-0.39, 0.29) is 31.5 Å². The quantitative estimate of drug-likeness (QED) is 0.278. The number of hydrogen-bond donors (Lipinski definition) is 1. The van der Waals surface area contributed by atoms with E-state index in [0.717, 1.165) is 0 Å². The minimum atomic E-state index is -1.21. The topological polar surface area (TPSA) is 136 Å². The van der Waals surface area contributed by atoms with Crippen molar-refractivity contribution in [3.05, 3.63) is 0 Å². The first kappa shape index (κ1) is 27.0. The van der Waals surface area contributed by atoms with Gasteiger partial charge in [0.2, 0.25) is 5.91 Å². The van der Waals surface area contributed by atoms with Crippen LogP contribution in [0.3, 0.4) is 0 Å². The second kappa shape index (κ2) is 11.3. The van der Waals surface area contributed by atoms with Crippen LogP contribution in [0.15, 0.2) is 0 Å². The molecule has 33 heavy (non-hydrogen) atoms. The third-order valence-electron chi connectivity index (χ3n) is 4.96. The maximum atomic E-state index is 11.8. The third-order valence-corrected chi connectivity index (χ3v) is 4.96. The molecule has 11 heteroatoms. The summed E-state index contributed by atoms with van der Waals surface area (Å²) in [7, 11) is 0. The molecule has 1 amide bonds. The molecule has 0 unspecified atom stereocenters. The monoisotopic (exact) mass is 473 g/mol. The Morgan fingerprint density at radius 3 is 2.27 bits per heavy atom. The SMILES string of the molecule is CC(=O)N[C@H]1[C@H]2OC[C@](COCCCCC(=O)OC(C)(C)C)(O2)[C@H](OC(C)=O)[C@@H]1OC(C)=O. The van der Waals surface area contributed by atoms with E-state index in [1.165, 1.54) is 20.8 Å². The lowest BCUT2D eigenvalue weighted by Crippen LogP contribution is -2.68. The van der Waals surface area contributed by atoms with Crippen LogP contribution in [-0.4, -0.2) is 79.4 Å². The number of ether oxygens (including phenoxy) is 6. The lowest BCUT2D eigenvalue weighted by molar-refractivity contribution is -0.251. The van der Waals surface area contributed by atoms with E-state index in [4.69, 9.17) is 28.4 Å². The Morgan fingerprint density at radius 1 is 1.03 bits per heavy atom. The minimum absolute atomic E-state index is 0.00155. The lowest BCUT2D eigenvalue weighted by atomic mass is 9.87. The molecule has 0 aliphatic carbocycles. The van der Waals surface area contributed by atoms with Crippen LogP contribution >= 0.6 is 0 Å². The summed E-state index contributed by atoms with van der Waals surface area (Å²) in [6, 6.07) is -0.861. The summed E-state index contributed by atoms with van der Waals surface area (Å²) >= 11 is 0. The fraction of sp³-hybridized carbons (Fsp3) is 0.818. The largest absolute Gasteiger partial charge is 0.460 e. The Bertz CT molecular complexity index is 733. The zero-order valence-corrected chi connectivity index (χ0v) is 20.1. The van der Waals surface area contributed by atoms with Crippen molar-refractivity contribution in [2.75, 3.05) is 19.8 Å². The highest BCUT2D eigenvalue weighted by Gasteiger charge is 2.63. The molecule has 2 heterocycles. The summed E-state index contributed by atoms with van der Waals surface area (Å²) < 4.78 is 33.7. The molecule has 188 valence electrons. The van der Waals surface area contributed by atoms with Crippen LogP contribution in [0.25, 0.3) is 0 Å². The zero-order valence-electron chi connectivity index (χ0n) is 20.1. The smallest absolute Gasteiger partial charge is 0.306 e. The Labute approximate surface area is 193 Å². The van der Waals surface area contributed by atoms with Crippen LogP contribution < -0.4 is 5.32 Å². The number of rotatable bonds is 10. The number of unbranched alkanes of at least 4 members (excludes halogenated alkanes) is 1. The Balaban J connectivity index is 2.01. The normalized spacial score (nSPS) is 28.7. The van der Waals surface area contributed by atoms with Crippen molar-refractivity contribution in [1.29, 1.82) is 0 Å². The van der Waals surface area contributed by atoms with E-state index in [9.17, 15) is 19.2 Å². The summed E-state index contributed by atoms with van der Waals surface area (Å²) in [4.78, 5) is 47.1. The average Bonchev–Trinajstić information content (AvgIpc) is 3.04. The minimum Gasteiger partial charge on any atom is -0.460 e. The first-order chi connectivity index (χ1) is 15.3. The summed E-state index contributed by atoms with van der Waals surface area (Å²) in [6.45, 7) is 9.53. The third kappa shape index (κ3) is 7.94. The molecule has 2 saturated heterocycles. The van der Waals surface area contributed by atoms with Crippen LogP contribution in [0.2, 0.25) is 0 Å². The van der Waals surface area contributed by atoms with Crippen molar-refractivity contribution < 1.29 is 47.6 Å². The second-order valence-corrected chi connectivity index (χ2v) is 9.29. The van der Waals surface area contributed by atoms with E-state index in [0.29, 0.717) is 19.4 Å². The molecule has 11 nitrogen and oxygen atoms in total. The molecule has 0 aromatic heterocycles.